The number of nitrogens with zero attached hydrogens (tertiary/aromatic N) is 2. The Kier molecular flexibility index (Phi) is 6.36. The highest BCUT2D eigenvalue weighted by Crippen LogP contribution is 2.35. The highest BCUT2D eigenvalue weighted by atomic mass is 35.5. The molecule has 1 aliphatic rings. The minimum atomic E-state index is -0.931. The summed E-state index contributed by atoms with van der Waals surface area (Å²) >= 11 is 12.4. The zero-order chi connectivity index (χ0) is 21.1. The number of thioether (sulfide) groups is 1. The number of nitro groups is 1. The average Bonchev–Trinajstić information content (AvgIpc) is 3.21. The maximum absolute atomic E-state index is 12.5. The van der Waals surface area contributed by atoms with Crippen LogP contribution in [-0.2, 0) is 9.59 Å². The predicted molar refractivity (Wildman–Crippen MR) is 113 cm³/mol. The van der Waals surface area contributed by atoms with Gasteiger partial charge in [0.2, 0.25) is 0 Å². The number of carboxylic acid groups (broad SMARTS) is 1. The van der Waals surface area contributed by atoms with Gasteiger partial charge < -0.3 is 9.52 Å². The van der Waals surface area contributed by atoms with Crippen LogP contribution in [0, 0.1) is 10.1 Å². The van der Waals surface area contributed by atoms with E-state index in [0.717, 1.165) is 11.8 Å². The number of nitro benzene ring substituents is 1. The van der Waals surface area contributed by atoms with E-state index in [1.807, 2.05) is 0 Å². The van der Waals surface area contributed by atoms with Gasteiger partial charge in [0.1, 0.15) is 15.8 Å². The van der Waals surface area contributed by atoms with Crippen LogP contribution in [0.15, 0.2) is 39.7 Å². The summed E-state index contributed by atoms with van der Waals surface area (Å²) in [6, 6.07) is 7.34. The molecule has 3 rings (SSSR count). The SMILES string of the molecule is O=C(O)CCCN1C(=O)C(=Cc2ccc(-c3ccc([N+](=O)[O-])cc3Cl)o2)SC1=S. The van der Waals surface area contributed by atoms with E-state index < -0.39 is 10.9 Å². The van der Waals surface area contributed by atoms with E-state index in [9.17, 15) is 19.7 Å². The Bertz CT molecular complexity index is 1050. The molecule has 29 heavy (non-hydrogen) atoms. The summed E-state index contributed by atoms with van der Waals surface area (Å²) in [5.41, 5.74) is 0.357. The molecule has 0 saturated carbocycles. The third-order valence-electron chi connectivity index (χ3n) is 3.98. The molecule has 2 aromatic rings. The number of carboxylic acids is 1. The minimum absolute atomic E-state index is 0.0480. The number of non-ortho nitro benzene ring substituents is 1. The smallest absolute Gasteiger partial charge is 0.303 e. The van der Waals surface area contributed by atoms with Crippen LogP contribution < -0.4 is 0 Å². The summed E-state index contributed by atoms with van der Waals surface area (Å²) in [5.74, 6) is -0.454. The summed E-state index contributed by atoms with van der Waals surface area (Å²) in [7, 11) is 0. The third-order valence-corrected chi connectivity index (χ3v) is 5.67. The number of halogens is 1. The van der Waals surface area contributed by atoms with Gasteiger partial charge in [0.05, 0.1) is 14.9 Å². The lowest BCUT2D eigenvalue weighted by atomic mass is 10.1. The van der Waals surface area contributed by atoms with E-state index in [0.29, 0.717) is 32.7 Å². The Balaban J connectivity index is 1.76. The van der Waals surface area contributed by atoms with Crippen molar-refractivity contribution in [3.63, 3.8) is 0 Å². The van der Waals surface area contributed by atoms with Gasteiger partial charge in [0.15, 0.2) is 0 Å². The maximum atomic E-state index is 12.5. The van der Waals surface area contributed by atoms with Crippen molar-refractivity contribution in [2.24, 2.45) is 0 Å². The Morgan fingerprint density at radius 1 is 1.38 bits per heavy atom. The number of benzene rings is 1. The first kappa shape index (κ1) is 21.0. The summed E-state index contributed by atoms with van der Waals surface area (Å²) in [6.45, 7) is 0.232. The number of thiocarbonyl (C=S) groups is 1. The zero-order valence-corrected chi connectivity index (χ0v) is 17.1. The lowest BCUT2D eigenvalue weighted by Gasteiger charge is -2.13. The molecular weight excluding hydrogens is 440 g/mol. The second-order valence-electron chi connectivity index (χ2n) is 5.95. The van der Waals surface area contributed by atoms with Crippen molar-refractivity contribution in [2.75, 3.05) is 6.54 Å². The monoisotopic (exact) mass is 452 g/mol. The summed E-state index contributed by atoms with van der Waals surface area (Å²) in [6.07, 6.45) is 1.80. The first-order chi connectivity index (χ1) is 13.8. The number of rotatable bonds is 7. The van der Waals surface area contributed by atoms with Crippen LogP contribution >= 0.6 is 35.6 Å². The van der Waals surface area contributed by atoms with E-state index in [-0.39, 0.29) is 29.6 Å². The molecule has 150 valence electrons. The molecule has 1 aromatic carbocycles. The van der Waals surface area contributed by atoms with E-state index in [2.05, 4.69) is 0 Å². The zero-order valence-electron chi connectivity index (χ0n) is 14.7. The summed E-state index contributed by atoms with van der Waals surface area (Å²) < 4.78 is 6.07. The Morgan fingerprint density at radius 2 is 2.14 bits per heavy atom. The fraction of sp³-hybridized carbons (Fsp3) is 0.167. The Morgan fingerprint density at radius 3 is 2.79 bits per heavy atom. The molecule has 8 nitrogen and oxygen atoms in total. The van der Waals surface area contributed by atoms with Crippen LogP contribution in [0.4, 0.5) is 5.69 Å². The number of hydrogen-bond donors (Lipinski definition) is 1. The van der Waals surface area contributed by atoms with Gasteiger partial charge in [-0.25, -0.2) is 0 Å². The number of hydrogen-bond acceptors (Lipinski definition) is 7. The van der Waals surface area contributed by atoms with Crippen LogP contribution in [0.3, 0.4) is 0 Å². The molecule has 0 bridgehead atoms. The molecule has 2 heterocycles. The van der Waals surface area contributed by atoms with Crippen LogP contribution in [0.25, 0.3) is 17.4 Å². The molecule has 0 spiro atoms. The number of carbonyl (C=O) groups excluding carboxylic acids is 1. The van der Waals surface area contributed by atoms with Gasteiger partial charge in [-0.05, 0) is 24.6 Å². The van der Waals surface area contributed by atoms with Gasteiger partial charge in [-0.15, -0.1) is 0 Å². The largest absolute Gasteiger partial charge is 0.481 e. The highest BCUT2D eigenvalue weighted by molar-refractivity contribution is 8.26. The van der Waals surface area contributed by atoms with Crippen molar-refractivity contribution in [1.29, 1.82) is 0 Å². The Hall–Kier alpha value is -2.69. The van der Waals surface area contributed by atoms with E-state index >= 15 is 0 Å². The van der Waals surface area contributed by atoms with Gasteiger partial charge in [-0.2, -0.15) is 0 Å². The molecule has 1 fully saturated rings. The van der Waals surface area contributed by atoms with Crippen molar-refractivity contribution >= 4 is 63.5 Å². The van der Waals surface area contributed by atoms with E-state index in [4.69, 9.17) is 33.3 Å². The summed E-state index contributed by atoms with van der Waals surface area (Å²) in [5, 5.41) is 19.7. The fourth-order valence-corrected chi connectivity index (χ4v) is 4.16. The Labute approximate surface area is 179 Å². The van der Waals surface area contributed by atoms with E-state index in [1.165, 1.54) is 23.1 Å². The topological polar surface area (TPSA) is 114 Å². The third kappa shape index (κ3) is 4.84. The van der Waals surface area contributed by atoms with Crippen LogP contribution in [-0.4, -0.2) is 37.7 Å². The molecule has 0 aliphatic carbocycles. The molecule has 1 aromatic heterocycles. The molecule has 0 atom stereocenters. The van der Waals surface area contributed by atoms with Crippen molar-refractivity contribution in [1.82, 2.24) is 4.90 Å². The van der Waals surface area contributed by atoms with Crippen LogP contribution in [0.1, 0.15) is 18.6 Å². The van der Waals surface area contributed by atoms with Crippen molar-refractivity contribution in [2.45, 2.75) is 12.8 Å². The summed E-state index contributed by atoms with van der Waals surface area (Å²) in [4.78, 5) is 35.1. The lowest BCUT2D eigenvalue weighted by Crippen LogP contribution is -2.29. The second kappa shape index (κ2) is 8.76. The predicted octanol–water partition coefficient (Wildman–Crippen LogP) is 4.57. The quantitative estimate of drug-likeness (QED) is 0.281. The molecule has 1 amide bonds. The van der Waals surface area contributed by atoms with Crippen molar-refractivity contribution in [3.8, 4) is 11.3 Å². The normalized spacial score (nSPS) is 15.3. The van der Waals surface area contributed by atoms with Crippen molar-refractivity contribution < 1.29 is 24.0 Å². The molecule has 1 N–H and O–H groups in total. The number of aliphatic carboxylic acids is 1. The molecule has 0 unspecified atom stereocenters. The first-order valence-corrected chi connectivity index (χ1v) is 9.88. The molecule has 1 aliphatic heterocycles. The standard InChI is InChI=1S/C18H13ClN2O6S2/c19-13-8-10(21(25)26)3-5-12(13)14-6-4-11(27-14)9-15-17(24)20(18(28)29-15)7-1-2-16(22)23/h3-6,8-9H,1-2,7H2,(H,22,23). The average molecular weight is 453 g/mol. The van der Waals surface area contributed by atoms with E-state index in [1.54, 1.807) is 18.2 Å². The number of furan rings is 1. The first-order valence-electron chi connectivity index (χ1n) is 8.27. The van der Waals surface area contributed by atoms with Crippen molar-refractivity contribution in [3.05, 3.63) is 56.1 Å². The van der Waals surface area contributed by atoms with Crippen LogP contribution in [0.2, 0.25) is 5.02 Å². The number of carbonyl (C=O) groups is 2. The second-order valence-corrected chi connectivity index (χ2v) is 8.04. The highest BCUT2D eigenvalue weighted by Gasteiger charge is 2.32. The number of amides is 1. The maximum Gasteiger partial charge on any atom is 0.303 e. The molecule has 1 saturated heterocycles. The lowest BCUT2D eigenvalue weighted by molar-refractivity contribution is -0.384. The van der Waals surface area contributed by atoms with Crippen LogP contribution in [0.5, 0.6) is 0 Å². The molecule has 0 radical (unpaired) electrons. The van der Waals surface area contributed by atoms with Gasteiger partial charge in [-0.3, -0.25) is 24.6 Å². The van der Waals surface area contributed by atoms with Gasteiger partial charge in [0.25, 0.3) is 11.6 Å². The fourth-order valence-electron chi connectivity index (χ4n) is 2.60. The van der Waals surface area contributed by atoms with Gasteiger partial charge in [-0.1, -0.05) is 35.6 Å². The van der Waals surface area contributed by atoms with Gasteiger partial charge >= 0.3 is 5.97 Å². The van der Waals surface area contributed by atoms with Gasteiger partial charge in [0, 0.05) is 36.7 Å². The minimum Gasteiger partial charge on any atom is -0.481 e. The molecule has 11 heteroatoms. The molecular formula is C18H13ClN2O6S2.